The summed E-state index contributed by atoms with van der Waals surface area (Å²) in [6, 6.07) is 3.95. The lowest BCUT2D eigenvalue weighted by atomic mass is 9.99. The fourth-order valence-electron chi connectivity index (χ4n) is 3.21. The fourth-order valence-corrected chi connectivity index (χ4v) is 3.98. The Bertz CT molecular complexity index is 737. The summed E-state index contributed by atoms with van der Waals surface area (Å²) in [7, 11) is 1.97. The highest BCUT2D eigenvalue weighted by Gasteiger charge is 2.33. The molecule has 1 atom stereocenters. The second-order valence-electron chi connectivity index (χ2n) is 5.99. The van der Waals surface area contributed by atoms with Crippen molar-refractivity contribution in [3.63, 3.8) is 0 Å². The van der Waals surface area contributed by atoms with Gasteiger partial charge in [0.2, 0.25) is 0 Å². The summed E-state index contributed by atoms with van der Waals surface area (Å²) in [5.41, 5.74) is 3.58. The number of carbonyl (C=O) groups excluding carboxylic acids is 2. The molecule has 1 saturated heterocycles. The molecule has 0 aromatic carbocycles. The minimum atomic E-state index is -0.574. The Kier molecular flexibility index (Phi) is 4.99. The van der Waals surface area contributed by atoms with Crippen LogP contribution in [-0.4, -0.2) is 32.8 Å². The van der Waals surface area contributed by atoms with Gasteiger partial charge >= 0.3 is 11.8 Å². The lowest BCUT2D eigenvalue weighted by Gasteiger charge is -2.35. The molecule has 1 aliphatic rings. The maximum atomic E-state index is 12.7. The van der Waals surface area contributed by atoms with E-state index in [-0.39, 0.29) is 6.04 Å². The molecule has 7 heteroatoms. The third kappa shape index (κ3) is 3.21. The van der Waals surface area contributed by atoms with Gasteiger partial charge in [-0.15, -0.1) is 11.3 Å². The van der Waals surface area contributed by atoms with Gasteiger partial charge in [0.15, 0.2) is 0 Å². The summed E-state index contributed by atoms with van der Waals surface area (Å²) < 4.78 is 2.02. The first-order chi connectivity index (χ1) is 11.6. The topological polar surface area (TPSA) is 67.2 Å². The summed E-state index contributed by atoms with van der Waals surface area (Å²) in [4.78, 5) is 31.1. The minimum absolute atomic E-state index is 0.0379. The number of amides is 2. The third-order valence-electron chi connectivity index (χ3n) is 4.49. The molecule has 2 aromatic rings. The second kappa shape index (κ2) is 7.17. The fraction of sp³-hybridized carbons (Fsp3) is 0.471. The van der Waals surface area contributed by atoms with E-state index in [1.807, 2.05) is 36.9 Å². The number of nitrogens with one attached hydrogen (secondary N) is 1. The van der Waals surface area contributed by atoms with Crippen LogP contribution >= 0.6 is 11.3 Å². The first kappa shape index (κ1) is 16.7. The molecule has 3 rings (SSSR count). The first-order valence-electron chi connectivity index (χ1n) is 8.27. The van der Waals surface area contributed by atoms with E-state index in [2.05, 4.69) is 10.3 Å². The molecule has 0 spiro atoms. The van der Waals surface area contributed by atoms with Gasteiger partial charge in [0.25, 0.3) is 0 Å². The number of hydrogen-bond donors (Lipinski definition) is 1. The Hall–Kier alpha value is -2.15. The Morgan fingerprint density at radius 1 is 1.42 bits per heavy atom. The highest BCUT2D eigenvalue weighted by molar-refractivity contribution is 7.14. The summed E-state index contributed by atoms with van der Waals surface area (Å²) in [6.07, 6.45) is 5.58. The quantitative estimate of drug-likeness (QED) is 0.869. The molecule has 2 amide bonds. The summed E-state index contributed by atoms with van der Waals surface area (Å²) in [5, 5.41) is 3.41. The lowest BCUT2D eigenvalue weighted by molar-refractivity contribution is -0.146. The van der Waals surface area contributed by atoms with Crippen molar-refractivity contribution >= 4 is 28.2 Å². The molecule has 0 saturated carbocycles. The normalized spacial score (nSPS) is 17.8. The van der Waals surface area contributed by atoms with Gasteiger partial charge in [0.05, 0.1) is 17.2 Å². The number of anilines is 1. The van der Waals surface area contributed by atoms with Gasteiger partial charge < -0.3 is 14.8 Å². The number of piperidine rings is 1. The standard InChI is InChI=1S/C17H22N4O2S/c1-3-12-16(24-11-18-12)19-15(22)17(23)21-10-5-4-7-14(21)13-8-6-9-20(13)2/h6,8-9,11,14H,3-5,7,10H2,1-2H3,(H,19,22)/t14-/m1/s1. The number of aromatic nitrogens is 2. The number of hydrogen-bond acceptors (Lipinski definition) is 4. The van der Waals surface area contributed by atoms with Crippen molar-refractivity contribution < 1.29 is 9.59 Å². The van der Waals surface area contributed by atoms with Crippen molar-refractivity contribution in [3.05, 3.63) is 35.2 Å². The Labute approximate surface area is 145 Å². The molecular weight excluding hydrogens is 324 g/mol. The predicted molar refractivity (Wildman–Crippen MR) is 93.8 cm³/mol. The van der Waals surface area contributed by atoms with Crippen LogP contribution in [-0.2, 0) is 23.1 Å². The molecule has 128 valence electrons. The lowest BCUT2D eigenvalue weighted by Crippen LogP contribution is -2.44. The van der Waals surface area contributed by atoms with Crippen LogP contribution in [0.5, 0.6) is 0 Å². The van der Waals surface area contributed by atoms with Crippen molar-refractivity contribution in [2.24, 2.45) is 7.05 Å². The van der Waals surface area contributed by atoms with E-state index in [4.69, 9.17) is 0 Å². The molecule has 6 nitrogen and oxygen atoms in total. The van der Waals surface area contributed by atoms with E-state index < -0.39 is 11.8 Å². The van der Waals surface area contributed by atoms with Gasteiger partial charge in [-0.3, -0.25) is 9.59 Å². The number of nitrogens with zero attached hydrogens (tertiary/aromatic N) is 3. The van der Waals surface area contributed by atoms with E-state index >= 15 is 0 Å². The van der Waals surface area contributed by atoms with Crippen LogP contribution < -0.4 is 5.32 Å². The van der Waals surface area contributed by atoms with Gasteiger partial charge in [-0.2, -0.15) is 0 Å². The van der Waals surface area contributed by atoms with E-state index in [9.17, 15) is 9.59 Å². The van der Waals surface area contributed by atoms with Crippen LogP contribution in [0.2, 0.25) is 0 Å². The third-order valence-corrected chi connectivity index (χ3v) is 5.27. The van der Waals surface area contributed by atoms with Crippen molar-refractivity contribution in [3.8, 4) is 0 Å². The number of thiazole rings is 1. The maximum absolute atomic E-state index is 12.7. The highest BCUT2D eigenvalue weighted by atomic mass is 32.1. The molecule has 0 bridgehead atoms. The van der Waals surface area contributed by atoms with Gasteiger partial charge in [-0.1, -0.05) is 6.92 Å². The van der Waals surface area contributed by atoms with Crippen LogP contribution in [0.4, 0.5) is 5.00 Å². The highest BCUT2D eigenvalue weighted by Crippen LogP contribution is 2.31. The number of rotatable bonds is 3. The zero-order chi connectivity index (χ0) is 17.1. The summed E-state index contributed by atoms with van der Waals surface area (Å²) in [6.45, 7) is 2.59. The van der Waals surface area contributed by atoms with E-state index in [0.29, 0.717) is 11.5 Å². The average molecular weight is 346 g/mol. The Balaban J connectivity index is 1.76. The molecule has 2 aromatic heterocycles. The van der Waals surface area contributed by atoms with E-state index in [1.165, 1.54) is 11.3 Å². The largest absolute Gasteiger partial charge is 0.353 e. The van der Waals surface area contributed by atoms with Crippen molar-refractivity contribution in [2.45, 2.75) is 38.6 Å². The van der Waals surface area contributed by atoms with Crippen molar-refractivity contribution in [1.82, 2.24) is 14.5 Å². The zero-order valence-corrected chi connectivity index (χ0v) is 14.8. The van der Waals surface area contributed by atoms with E-state index in [1.54, 1.807) is 10.4 Å². The van der Waals surface area contributed by atoms with Crippen molar-refractivity contribution in [2.75, 3.05) is 11.9 Å². The molecule has 3 heterocycles. The molecule has 1 fully saturated rings. The molecule has 24 heavy (non-hydrogen) atoms. The predicted octanol–water partition coefficient (Wildman–Crippen LogP) is 2.74. The maximum Gasteiger partial charge on any atom is 0.314 e. The number of aryl methyl sites for hydroxylation is 2. The molecule has 1 aliphatic heterocycles. The summed E-state index contributed by atoms with van der Waals surface area (Å²) >= 11 is 1.35. The van der Waals surface area contributed by atoms with Crippen LogP contribution in [0.3, 0.4) is 0 Å². The minimum Gasteiger partial charge on any atom is -0.353 e. The van der Waals surface area contributed by atoms with Gasteiger partial charge in [0.1, 0.15) is 5.00 Å². The molecule has 1 N–H and O–H groups in total. The Morgan fingerprint density at radius 3 is 2.96 bits per heavy atom. The monoisotopic (exact) mass is 346 g/mol. The smallest absolute Gasteiger partial charge is 0.314 e. The second-order valence-corrected chi connectivity index (χ2v) is 6.84. The van der Waals surface area contributed by atoms with Crippen LogP contribution in [0, 0.1) is 0 Å². The van der Waals surface area contributed by atoms with Gasteiger partial charge in [-0.25, -0.2) is 4.98 Å². The average Bonchev–Trinajstić information content (AvgIpc) is 3.22. The summed E-state index contributed by atoms with van der Waals surface area (Å²) in [5.74, 6) is -1.04. The molecule has 0 aliphatic carbocycles. The van der Waals surface area contributed by atoms with Crippen LogP contribution in [0.15, 0.2) is 23.8 Å². The number of likely N-dealkylation sites (tertiary alicyclic amines) is 1. The van der Waals surface area contributed by atoms with Gasteiger partial charge in [-0.05, 0) is 37.8 Å². The van der Waals surface area contributed by atoms with Crippen LogP contribution in [0.1, 0.15) is 43.6 Å². The SMILES string of the molecule is CCc1ncsc1NC(=O)C(=O)N1CCCC[C@@H]1c1cccn1C. The van der Waals surface area contributed by atoms with Gasteiger partial charge in [0, 0.05) is 25.5 Å². The van der Waals surface area contributed by atoms with E-state index in [0.717, 1.165) is 37.1 Å². The Morgan fingerprint density at radius 2 is 2.25 bits per heavy atom. The molecule has 0 radical (unpaired) electrons. The molecular formula is C17H22N4O2S. The molecule has 0 unspecified atom stereocenters. The van der Waals surface area contributed by atoms with Crippen LogP contribution in [0.25, 0.3) is 0 Å². The van der Waals surface area contributed by atoms with Crippen molar-refractivity contribution in [1.29, 1.82) is 0 Å². The zero-order valence-electron chi connectivity index (χ0n) is 14.0. The first-order valence-corrected chi connectivity index (χ1v) is 9.15. The number of carbonyl (C=O) groups is 2.